The van der Waals surface area contributed by atoms with Crippen molar-refractivity contribution in [2.24, 2.45) is 0 Å². The van der Waals surface area contributed by atoms with Crippen molar-refractivity contribution >= 4 is 27.5 Å². The summed E-state index contributed by atoms with van der Waals surface area (Å²) >= 11 is 5.77. The second kappa shape index (κ2) is 7.39. The lowest BCUT2D eigenvalue weighted by Gasteiger charge is -2.07. The zero-order chi connectivity index (χ0) is 17.7. The maximum atomic E-state index is 12.6. The number of halogens is 1. The molecule has 0 fully saturated rings. The second-order valence-corrected chi connectivity index (χ2v) is 7.08. The van der Waals surface area contributed by atoms with Crippen LogP contribution in [0.2, 0.25) is 5.02 Å². The van der Waals surface area contributed by atoms with E-state index in [0.717, 1.165) is 0 Å². The summed E-state index contributed by atoms with van der Waals surface area (Å²) in [5, 5.41) is 9.72. The highest BCUT2D eigenvalue weighted by molar-refractivity contribution is 7.95. The van der Waals surface area contributed by atoms with Crippen LogP contribution in [0.25, 0.3) is 6.08 Å². The minimum absolute atomic E-state index is 0.00504. The molecule has 0 radical (unpaired) electrons. The average Bonchev–Trinajstić information content (AvgIpc) is 2.59. The predicted molar refractivity (Wildman–Crippen MR) is 91.8 cm³/mol. The molecule has 0 spiro atoms. The monoisotopic (exact) mass is 363 g/mol. The number of benzene rings is 2. The number of ether oxygens (including phenoxy) is 2. The Morgan fingerprint density at radius 3 is 2.08 bits per heavy atom. The Balaban J connectivity index is 2.53. The van der Waals surface area contributed by atoms with Crippen LogP contribution < -0.4 is 9.47 Å². The zero-order valence-corrected chi connectivity index (χ0v) is 14.6. The summed E-state index contributed by atoms with van der Waals surface area (Å²) in [5.41, 5.74) is 0.472. The Labute approximate surface area is 145 Å². The maximum absolute atomic E-state index is 12.6. The van der Waals surface area contributed by atoms with E-state index in [9.17, 15) is 13.7 Å². The molecule has 0 saturated heterocycles. The molecule has 2 aromatic carbocycles. The molecule has 0 N–H and O–H groups in total. The topological polar surface area (TPSA) is 76.4 Å². The first-order chi connectivity index (χ1) is 11.4. The lowest BCUT2D eigenvalue weighted by atomic mass is 10.2. The van der Waals surface area contributed by atoms with Gasteiger partial charge in [-0.2, -0.15) is 5.26 Å². The van der Waals surface area contributed by atoms with Crippen molar-refractivity contribution in [3.05, 3.63) is 58.0 Å². The predicted octanol–water partition coefficient (Wildman–Crippen LogP) is 3.70. The fourth-order valence-electron chi connectivity index (χ4n) is 1.97. The first kappa shape index (κ1) is 17.9. The van der Waals surface area contributed by atoms with Gasteiger partial charge in [0.2, 0.25) is 9.84 Å². The minimum atomic E-state index is -3.95. The first-order valence-corrected chi connectivity index (χ1v) is 8.62. The molecule has 2 rings (SSSR count). The number of hydrogen-bond donors (Lipinski definition) is 0. The van der Waals surface area contributed by atoms with Crippen LogP contribution in [0, 0.1) is 11.3 Å². The summed E-state index contributed by atoms with van der Waals surface area (Å²) in [7, 11) is -0.977. The number of sulfone groups is 1. The molecule has 24 heavy (non-hydrogen) atoms. The van der Waals surface area contributed by atoms with Crippen LogP contribution in [0.4, 0.5) is 0 Å². The van der Waals surface area contributed by atoms with Gasteiger partial charge < -0.3 is 9.47 Å². The summed E-state index contributed by atoms with van der Waals surface area (Å²) in [6.07, 6.45) is 1.27. The van der Waals surface area contributed by atoms with Crippen LogP contribution in [0.15, 0.2) is 52.3 Å². The van der Waals surface area contributed by atoms with E-state index in [4.69, 9.17) is 21.1 Å². The molecular weight excluding hydrogens is 350 g/mol. The van der Waals surface area contributed by atoms with Gasteiger partial charge in [0.1, 0.15) is 22.5 Å². The minimum Gasteiger partial charge on any atom is -0.497 e. The van der Waals surface area contributed by atoms with E-state index in [-0.39, 0.29) is 9.80 Å². The van der Waals surface area contributed by atoms with Gasteiger partial charge in [0.05, 0.1) is 19.1 Å². The third-order valence-corrected chi connectivity index (χ3v) is 5.13. The lowest BCUT2D eigenvalue weighted by Crippen LogP contribution is -2.03. The molecule has 0 heterocycles. The molecular formula is C17H14ClNO4S. The van der Waals surface area contributed by atoms with Crippen molar-refractivity contribution in [2.45, 2.75) is 4.90 Å². The Kier molecular flexibility index (Phi) is 5.50. The highest BCUT2D eigenvalue weighted by atomic mass is 35.5. The largest absolute Gasteiger partial charge is 0.497 e. The average molecular weight is 364 g/mol. The van der Waals surface area contributed by atoms with E-state index in [1.54, 1.807) is 24.3 Å². The van der Waals surface area contributed by atoms with Crippen molar-refractivity contribution in [3.63, 3.8) is 0 Å². The highest BCUT2D eigenvalue weighted by Gasteiger charge is 2.21. The lowest BCUT2D eigenvalue weighted by molar-refractivity contribution is 0.394. The Bertz CT molecular complexity index is 890. The molecule has 0 unspecified atom stereocenters. The van der Waals surface area contributed by atoms with Crippen molar-refractivity contribution in [1.29, 1.82) is 5.26 Å². The van der Waals surface area contributed by atoms with Gasteiger partial charge in [-0.3, -0.25) is 0 Å². The number of nitriles is 1. The number of allylic oxidation sites excluding steroid dienone is 1. The number of nitrogens with zero attached hydrogens (tertiary/aromatic N) is 1. The summed E-state index contributed by atoms with van der Waals surface area (Å²) in [4.78, 5) is -0.394. The molecule has 0 aliphatic carbocycles. The Morgan fingerprint density at radius 1 is 1.08 bits per heavy atom. The maximum Gasteiger partial charge on any atom is 0.216 e. The van der Waals surface area contributed by atoms with E-state index in [0.29, 0.717) is 22.1 Å². The molecule has 2 aromatic rings. The van der Waals surface area contributed by atoms with Crippen LogP contribution in [-0.4, -0.2) is 22.6 Å². The summed E-state index contributed by atoms with van der Waals surface area (Å²) < 4.78 is 35.5. The van der Waals surface area contributed by atoms with Crippen molar-refractivity contribution in [1.82, 2.24) is 0 Å². The fraction of sp³-hybridized carbons (Fsp3) is 0.118. The third-order valence-electron chi connectivity index (χ3n) is 3.20. The van der Waals surface area contributed by atoms with Gasteiger partial charge in [0.25, 0.3) is 0 Å². The van der Waals surface area contributed by atoms with Crippen LogP contribution in [0.3, 0.4) is 0 Å². The number of hydrogen-bond acceptors (Lipinski definition) is 5. The summed E-state index contributed by atoms with van der Waals surface area (Å²) in [6.45, 7) is 0. The standard InChI is InChI=1S/C17H14ClNO4S/c1-22-14-7-12(8-15(10-14)23-2)9-17(11-19)24(20,21)16-5-3-13(18)4-6-16/h3-10H,1-2H3/b17-9-. The highest BCUT2D eigenvalue weighted by Crippen LogP contribution is 2.27. The molecule has 0 aromatic heterocycles. The summed E-state index contributed by atoms with van der Waals surface area (Å²) in [6, 6.07) is 12.2. The summed E-state index contributed by atoms with van der Waals surface area (Å²) in [5.74, 6) is 0.976. The van der Waals surface area contributed by atoms with Crippen LogP contribution in [-0.2, 0) is 9.84 Å². The molecule has 0 aliphatic rings. The van der Waals surface area contributed by atoms with Crippen LogP contribution in [0.1, 0.15) is 5.56 Å². The Hall–Kier alpha value is -2.49. The zero-order valence-electron chi connectivity index (χ0n) is 13.0. The van der Waals surface area contributed by atoms with E-state index in [1.165, 1.54) is 44.6 Å². The molecule has 0 bridgehead atoms. The van der Waals surface area contributed by atoms with Crippen molar-refractivity contribution in [2.75, 3.05) is 14.2 Å². The normalized spacial score (nSPS) is 11.7. The molecule has 0 amide bonds. The van der Waals surface area contributed by atoms with Gasteiger partial charge in [-0.1, -0.05) is 11.6 Å². The van der Waals surface area contributed by atoms with Gasteiger partial charge >= 0.3 is 0 Å². The molecule has 0 aliphatic heterocycles. The van der Waals surface area contributed by atoms with E-state index >= 15 is 0 Å². The SMILES string of the molecule is COc1cc(/C=C(/C#N)S(=O)(=O)c2ccc(Cl)cc2)cc(OC)c1. The van der Waals surface area contributed by atoms with Crippen molar-refractivity contribution < 1.29 is 17.9 Å². The van der Waals surface area contributed by atoms with Gasteiger partial charge in [-0.05, 0) is 48.0 Å². The van der Waals surface area contributed by atoms with Crippen LogP contribution in [0.5, 0.6) is 11.5 Å². The molecule has 7 heteroatoms. The second-order valence-electron chi connectivity index (χ2n) is 4.72. The van der Waals surface area contributed by atoms with Crippen LogP contribution >= 0.6 is 11.6 Å². The van der Waals surface area contributed by atoms with Gasteiger partial charge in [-0.25, -0.2) is 8.42 Å². The smallest absolute Gasteiger partial charge is 0.216 e. The fourth-order valence-corrected chi connectivity index (χ4v) is 3.26. The molecule has 5 nitrogen and oxygen atoms in total. The van der Waals surface area contributed by atoms with E-state index in [2.05, 4.69) is 0 Å². The molecule has 0 saturated carbocycles. The number of rotatable bonds is 5. The number of methoxy groups -OCH3 is 2. The van der Waals surface area contributed by atoms with Crippen molar-refractivity contribution in [3.8, 4) is 17.6 Å². The first-order valence-electron chi connectivity index (χ1n) is 6.76. The van der Waals surface area contributed by atoms with E-state index in [1.807, 2.05) is 0 Å². The molecule has 124 valence electrons. The third kappa shape index (κ3) is 3.88. The van der Waals surface area contributed by atoms with Gasteiger partial charge in [-0.15, -0.1) is 0 Å². The van der Waals surface area contributed by atoms with E-state index < -0.39 is 9.84 Å². The van der Waals surface area contributed by atoms with Gasteiger partial charge in [0.15, 0.2) is 0 Å². The Morgan fingerprint density at radius 2 is 1.62 bits per heavy atom. The quantitative estimate of drug-likeness (QED) is 0.757. The van der Waals surface area contributed by atoms with Gasteiger partial charge in [0, 0.05) is 11.1 Å². The molecule has 0 atom stereocenters.